The van der Waals surface area contributed by atoms with E-state index in [1.165, 1.54) is 30.3 Å². The van der Waals surface area contributed by atoms with Crippen molar-refractivity contribution in [2.45, 2.75) is 62.9 Å². The smallest absolute Gasteiger partial charge is 0.342 e. The number of nitrogens with zero attached hydrogens (tertiary/aromatic N) is 15. The average molecular weight is 1060 g/mol. The molecule has 28 nitrogen and oxygen atoms in total. The van der Waals surface area contributed by atoms with E-state index in [1.807, 2.05) is 30.3 Å². The highest BCUT2D eigenvalue weighted by Crippen LogP contribution is 2.64. The number of ether oxygens (including phenoxy) is 2. The molecule has 6 aromatic heterocycles. The first-order chi connectivity index (χ1) is 36.7. The Labute approximate surface area is 421 Å². The van der Waals surface area contributed by atoms with Crippen molar-refractivity contribution in [3.8, 4) is 0 Å². The Morgan fingerprint density at radius 2 is 0.920 bits per heavy atom. The number of benzene rings is 4. The number of hydrogen-bond acceptors (Lipinski definition) is 22. The van der Waals surface area contributed by atoms with Gasteiger partial charge in [0.05, 0.1) is 38.3 Å². The van der Waals surface area contributed by atoms with Gasteiger partial charge in [0.15, 0.2) is 36.1 Å². The predicted octanol–water partition coefficient (Wildman–Crippen LogP) is 3.54. The molecule has 2 fully saturated rings. The van der Waals surface area contributed by atoms with Crippen LogP contribution < -0.4 is 24.8 Å². The van der Waals surface area contributed by atoms with Crippen molar-refractivity contribution in [2.24, 2.45) is 0 Å². The first-order valence-corrected chi connectivity index (χ1v) is 27.2. The Morgan fingerprint density at radius 3 is 1.33 bits per heavy atom. The summed E-state index contributed by atoms with van der Waals surface area (Å²) in [5.74, 6) is -0.837. The summed E-state index contributed by atoms with van der Waals surface area (Å²) in [6, 6.07) is 30.4. The summed E-state index contributed by atoms with van der Waals surface area (Å²) in [6.07, 6.45) is -6.35. The van der Waals surface area contributed by atoms with E-state index < -0.39 is 83.4 Å². The first-order valence-electron chi connectivity index (χ1n) is 23.8. The highest BCUT2D eigenvalue weighted by Gasteiger charge is 2.55. The summed E-state index contributed by atoms with van der Waals surface area (Å²) in [6.45, 7) is 1.99. The zero-order valence-corrected chi connectivity index (χ0v) is 41.4. The number of pyridine rings is 1. The van der Waals surface area contributed by atoms with Crippen LogP contribution in [0.1, 0.15) is 26.3 Å². The van der Waals surface area contributed by atoms with Gasteiger partial charge in [-0.2, -0.15) is 0 Å². The van der Waals surface area contributed by atoms with Crippen LogP contribution in [0.25, 0.3) is 55.2 Å². The second-order valence-corrected chi connectivity index (χ2v) is 22.1. The van der Waals surface area contributed by atoms with Crippen LogP contribution in [-0.4, -0.2) is 144 Å². The third kappa shape index (κ3) is 8.44. The Kier molecular flexibility index (Phi) is 11.9. The average Bonchev–Trinajstić information content (AvgIpc) is 4.31. The highest BCUT2D eigenvalue weighted by atomic mass is 31.2. The predicted molar refractivity (Wildman–Crippen MR) is 258 cm³/mol. The number of fused-ring (bicyclic) bond motifs is 11. The molecule has 0 radical (unpaired) electrons. The van der Waals surface area contributed by atoms with Gasteiger partial charge in [-0.15, -0.1) is 20.4 Å². The fourth-order valence-electron chi connectivity index (χ4n) is 9.47. The number of aromatic nitrogens is 15. The molecule has 0 amide bonds. The van der Waals surface area contributed by atoms with Gasteiger partial charge in [0.1, 0.15) is 61.9 Å². The summed E-state index contributed by atoms with van der Waals surface area (Å²) in [4.78, 5) is 36.6. The molecule has 14 rings (SSSR count). The van der Waals surface area contributed by atoms with E-state index in [4.69, 9.17) is 51.9 Å². The van der Waals surface area contributed by atoms with E-state index in [0.29, 0.717) is 49.7 Å². The molecule has 10 aromatic rings. The monoisotopic (exact) mass is 1060 g/mol. The molecule has 8 bridgehead atoms. The Morgan fingerprint density at radius 1 is 0.533 bits per heavy atom. The van der Waals surface area contributed by atoms with Crippen molar-refractivity contribution in [3.05, 3.63) is 121 Å². The lowest BCUT2D eigenvalue weighted by Crippen LogP contribution is -2.48. The van der Waals surface area contributed by atoms with Crippen LogP contribution in [0.5, 0.6) is 0 Å². The molecular weight excluding hydrogens is 1020 g/mol. The van der Waals surface area contributed by atoms with E-state index in [-0.39, 0.29) is 24.2 Å². The lowest BCUT2D eigenvalue weighted by molar-refractivity contribution is -0.0986. The van der Waals surface area contributed by atoms with Gasteiger partial charge in [0, 0.05) is 6.20 Å². The van der Waals surface area contributed by atoms with E-state index in [2.05, 4.69) is 41.2 Å². The lowest BCUT2D eigenvalue weighted by atomic mass is 10.1. The molecule has 10 heterocycles. The second kappa shape index (κ2) is 18.9. The fraction of sp³-hybridized carbons (Fsp3) is 0.333. The normalized spacial score (nSPS) is 27.2. The van der Waals surface area contributed by atoms with Crippen LogP contribution in [0.3, 0.4) is 0 Å². The van der Waals surface area contributed by atoms with Gasteiger partial charge in [-0.1, -0.05) is 67.9 Å². The van der Waals surface area contributed by atoms with Crippen LogP contribution in [0, 0.1) is 5.41 Å². The molecule has 1 N–H and O–H groups in total. The second-order valence-electron chi connectivity index (χ2n) is 17.5. The van der Waals surface area contributed by atoms with Gasteiger partial charge in [-0.3, -0.25) is 19.1 Å². The Bertz CT molecular complexity index is 3900. The molecule has 0 aliphatic carbocycles. The highest BCUT2D eigenvalue weighted by molar-refractivity contribution is 7.71. The van der Waals surface area contributed by atoms with E-state index in [9.17, 15) is 5.41 Å². The zero-order valence-electron chi connectivity index (χ0n) is 39.6. The van der Waals surface area contributed by atoms with Crippen molar-refractivity contribution >= 4 is 70.4 Å². The minimum absolute atomic E-state index is 0.117. The summed E-state index contributed by atoms with van der Waals surface area (Å²) >= 11 is 0. The Balaban J connectivity index is 0.973. The molecule has 2 saturated heterocycles. The van der Waals surface area contributed by atoms with Gasteiger partial charge in [0.2, 0.25) is 12.2 Å². The van der Waals surface area contributed by atoms with Crippen molar-refractivity contribution in [1.29, 1.82) is 5.41 Å². The molecule has 4 aliphatic heterocycles. The van der Waals surface area contributed by atoms with Crippen LogP contribution in [0.15, 0.2) is 116 Å². The summed E-state index contributed by atoms with van der Waals surface area (Å²) < 4.78 is 71.4. The maximum Gasteiger partial charge on any atom is 0.342 e. The zero-order chi connectivity index (χ0) is 50.8. The van der Waals surface area contributed by atoms with Crippen molar-refractivity contribution in [1.82, 2.24) is 74.7 Å². The van der Waals surface area contributed by atoms with E-state index in [0.717, 1.165) is 0 Å². The molecule has 5 unspecified atom stereocenters. The van der Waals surface area contributed by atoms with Gasteiger partial charge >= 0.3 is 15.2 Å². The quantitative estimate of drug-likeness (QED) is 0.171. The number of rotatable bonds is 12. The van der Waals surface area contributed by atoms with Gasteiger partial charge < -0.3 is 51.5 Å². The molecular formula is C45H44N16O12P2. The van der Waals surface area contributed by atoms with Gasteiger partial charge in [-0.25, -0.2) is 4.98 Å². The summed E-state index contributed by atoms with van der Waals surface area (Å²) in [7, 11) is -8.92. The number of hydrogen-bond donors (Lipinski definition) is 1. The van der Waals surface area contributed by atoms with Gasteiger partial charge in [-0.05, 0) is 89.3 Å². The topological polar surface area (TPSA) is 296 Å². The third-order valence-corrected chi connectivity index (χ3v) is 18.0. The van der Waals surface area contributed by atoms with Gasteiger partial charge in [0.25, 0.3) is 0 Å². The summed E-state index contributed by atoms with van der Waals surface area (Å²) in [5, 5.41) is 44.2. The van der Waals surface area contributed by atoms with E-state index in [1.54, 1.807) is 97.4 Å². The van der Waals surface area contributed by atoms with Crippen LogP contribution in [0.4, 0.5) is 0 Å². The number of nitrogens with one attached hydrogen (secondary N) is 1. The molecule has 0 spiro atoms. The van der Waals surface area contributed by atoms with Crippen LogP contribution in [0.2, 0.25) is 0 Å². The summed E-state index contributed by atoms with van der Waals surface area (Å²) in [5.41, 5.74) is 4.67. The fourth-order valence-corrected chi connectivity index (χ4v) is 14.2. The molecule has 75 heavy (non-hydrogen) atoms. The largest absolute Gasteiger partial charge is 0.384 e. The van der Waals surface area contributed by atoms with Crippen molar-refractivity contribution in [2.75, 3.05) is 32.3 Å². The maximum absolute atomic E-state index is 15.1. The first kappa shape index (κ1) is 47.1. The maximum atomic E-state index is 15.1. The van der Waals surface area contributed by atoms with Crippen LogP contribution >= 0.6 is 15.2 Å². The Hall–Kier alpha value is -7.68. The van der Waals surface area contributed by atoms with Crippen molar-refractivity contribution in [3.63, 3.8) is 0 Å². The third-order valence-electron chi connectivity index (χ3n) is 12.9. The number of para-hydroxylation sites is 4. The standard InChI is InChI=1S/C45H44N16O12P2/c1-3-64-74(62)26-75(63,65-4-2)67-24-37-40(71-59-32-18-10-6-14-28(32)49-53-59)42(73-61-34-20-12-8-16-30(34)51-55-61)45(69-37)57-25-47-38-35(57)21-22-56(43(38)46)44-41(72-60-33-19-11-7-15-29(33)50-54-60)39(36(68-44)23-66-74)70-58-31-17-9-5-13-27(31)48-52-58/h5-22,25,36-37,39-42,44-46H,3-4,23-24,26H2,1-2H3/t36-,37-,39?,40+,41?,42?,44-,45-,74?,75?/m1/s1. The molecule has 0 saturated carbocycles. The molecule has 10 atom stereocenters. The van der Waals surface area contributed by atoms with E-state index >= 15 is 9.13 Å². The van der Waals surface area contributed by atoms with Crippen LogP contribution in [-0.2, 0) is 36.7 Å². The minimum Gasteiger partial charge on any atom is -0.384 e. The molecule has 4 aliphatic rings. The molecule has 30 heteroatoms. The molecule has 4 aromatic carbocycles. The van der Waals surface area contributed by atoms with Crippen molar-refractivity contribution < 1.29 is 56.0 Å². The minimum atomic E-state index is -4.47. The SMILES string of the molecule is CCOP1(=O)CP(=O)(OCC)OC[C@H]2O[C@H](C(On3nnc4ccccc43)[C@H]2On2nnc3ccccc32)n2cnc3c(=N)n(ccc32)[C@@H]2O[C@H](CO1)C(On1nnc3ccccc31)C2On1nnc2ccccc21. The molecule has 386 valence electrons. The lowest BCUT2D eigenvalue weighted by Gasteiger charge is -2.27. The number of imidazole rings is 1.